The molecule has 0 amide bonds. The number of halogens is 2. The third-order valence-electron chi connectivity index (χ3n) is 2.55. The Morgan fingerprint density at radius 1 is 1.21 bits per heavy atom. The minimum atomic E-state index is -1.18. The Bertz CT molecular complexity index is 673. The number of rotatable bonds is 3. The van der Waals surface area contributed by atoms with Crippen LogP contribution in [0.15, 0.2) is 12.1 Å². The fourth-order valence-corrected chi connectivity index (χ4v) is 2.29. The number of benzene rings is 1. The zero-order valence-corrected chi connectivity index (χ0v) is 11.5. The molecule has 0 aliphatic rings. The third-order valence-corrected chi connectivity index (χ3v) is 3.13. The number of pyridine rings is 1. The Kier molecular flexibility index (Phi) is 3.68. The highest BCUT2D eigenvalue weighted by Gasteiger charge is 2.19. The Morgan fingerprint density at radius 2 is 1.89 bits per heavy atom. The van der Waals surface area contributed by atoms with E-state index in [2.05, 4.69) is 4.98 Å². The van der Waals surface area contributed by atoms with E-state index in [1.165, 1.54) is 26.4 Å². The van der Waals surface area contributed by atoms with Gasteiger partial charge in [0.2, 0.25) is 0 Å². The monoisotopic (exact) mass is 301 g/mol. The molecular weight excluding hydrogens is 293 g/mol. The molecular formula is C12H9Cl2NO4. The molecule has 0 aliphatic carbocycles. The number of aromatic nitrogens is 1. The van der Waals surface area contributed by atoms with Crippen LogP contribution in [0, 0.1) is 0 Å². The van der Waals surface area contributed by atoms with Crippen LogP contribution in [0.1, 0.15) is 10.5 Å². The minimum absolute atomic E-state index is 0.180. The summed E-state index contributed by atoms with van der Waals surface area (Å²) in [5, 5.41) is 9.89. The Balaban J connectivity index is 2.95. The zero-order chi connectivity index (χ0) is 14.2. The van der Waals surface area contributed by atoms with Crippen molar-refractivity contribution >= 4 is 40.1 Å². The van der Waals surface area contributed by atoms with Crippen LogP contribution in [0.25, 0.3) is 10.9 Å². The lowest BCUT2D eigenvalue weighted by Gasteiger charge is -2.12. The third kappa shape index (κ3) is 2.27. The van der Waals surface area contributed by atoms with Gasteiger partial charge in [-0.25, -0.2) is 9.78 Å². The van der Waals surface area contributed by atoms with Gasteiger partial charge in [-0.05, 0) is 6.07 Å². The predicted octanol–water partition coefficient (Wildman–Crippen LogP) is 3.26. The second kappa shape index (κ2) is 5.11. The molecule has 1 aromatic heterocycles. The molecule has 1 N–H and O–H groups in total. The molecule has 0 fully saturated rings. The van der Waals surface area contributed by atoms with Crippen molar-refractivity contribution in [1.29, 1.82) is 0 Å². The molecule has 0 radical (unpaired) electrons. The first kappa shape index (κ1) is 13.7. The molecule has 0 spiro atoms. The Hall–Kier alpha value is -1.72. The molecule has 2 rings (SSSR count). The van der Waals surface area contributed by atoms with Crippen molar-refractivity contribution in [2.45, 2.75) is 0 Å². The van der Waals surface area contributed by atoms with E-state index in [9.17, 15) is 4.79 Å². The van der Waals surface area contributed by atoms with E-state index in [0.717, 1.165) is 0 Å². The summed E-state index contributed by atoms with van der Waals surface area (Å²) in [6.45, 7) is 0. The first-order valence-electron chi connectivity index (χ1n) is 5.13. The van der Waals surface area contributed by atoms with Gasteiger partial charge in [0.05, 0.1) is 29.7 Å². The van der Waals surface area contributed by atoms with Crippen LogP contribution in [0.4, 0.5) is 0 Å². The maximum absolute atomic E-state index is 11.0. The number of carboxylic acids is 1. The largest absolute Gasteiger partial charge is 0.494 e. The lowest BCUT2D eigenvalue weighted by atomic mass is 10.1. The number of ether oxygens (including phenoxy) is 2. The average Bonchev–Trinajstić information content (AvgIpc) is 2.38. The van der Waals surface area contributed by atoms with E-state index in [4.69, 9.17) is 37.8 Å². The summed E-state index contributed by atoms with van der Waals surface area (Å²) >= 11 is 12.1. The van der Waals surface area contributed by atoms with E-state index in [1.54, 1.807) is 0 Å². The number of hydrogen-bond donors (Lipinski definition) is 1. The van der Waals surface area contributed by atoms with E-state index in [-0.39, 0.29) is 16.2 Å². The van der Waals surface area contributed by atoms with Crippen molar-refractivity contribution in [3.8, 4) is 11.5 Å². The molecule has 0 unspecified atom stereocenters. The van der Waals surface area contributed by atoms with Gasteiger partial charge in [0.25, 0.3) is 0 Å². The maximum atomic E-state index is 11.0. The number of fused-ring (bicyclic) bond motifs is 1. The van der Waals surface area contributed by atoms with Crippen molar-refractivity contribution in [3.63, 3.8) is 0 Å². The molecule has 7 heteroatoms. The number of carbonyl (C=O) groups is 1. The quantitative estimate of drug-likeness (QED) is 0.942. The molecule has 19 heavy (non-hydrogen) atoms. The van der Waals surface area contributed by atoms with Gasteiger partial charge in [0.15, 0.2) is 5.69 Å². The smallest absolute Gasteiger partial charge is 0.354 e. The van der Waals surface area contributed by atoms with Gasteiger partial charge in [-0.15, -0.1) is 0 Å². The highest BCUT2D eigenvalue weighted by Crippen LogP contribution is 2.42. The van der Waals surface area contributed by atoms with Crippen LogP contribution in [0.2, 0.25) is 10.0 Å². The normalized spacial score (nSPS) is 10.5. The minimum Gasteiger partial charge on any atom is -0.494 e. The average molecular weight is 302 g/mol. The summed E-state index contributed by atoms with van der Waals surface area (Å²) in [5.74, 6) is -0.530. The standard InChI is InChI=1S/C12H9Cl2NO4/c1-18-8-4-6(14)11(19-2)9-5(13)3-7(12(16)17)15-10(8)9/h3-4H,1-2H3,(H,16,17). The van der Waals surface area contributed by atoms with Crippen molar-refractivity contribution in [3.05, 3.63) is 27.9 Å². The lowest BCUT2D eigenvalue weighted by molar-refractivity contribution is 0.0691. The number of methoxy groups -OCH3 is 2. The van der Waals surface area contributed by atoms with Crippen molar-refractivity contribution < 1.29 is 19.4 Å². The predicted molar refractivity (Wildman–Crippen MR) is 71.8 cm³/mol. The van der Waals surface area contributed by atoms with Crippen LogP contribution in [-0.4, -0.2) is 30.3 Å². The van der Waals surface area contributed by atoms with E-state index < -0.39 is 5.97 Å². The van der Waals surface area contributed by atoms with E-state index >= 15 is 0 Å². The van der Waals surface area contributed by atoms with Crippen molar-refractivity contribution in [2.75, 3.05) is 14.2 Å². The zero-order valence-electron chi connectivity index (χ0n) is 10.0. The Morgan fingerprint density at radius 3 is 2.42 bits per heavy atom. The van der Waals surface area contributed by atoms with Gasteiger partial charge in [-0.2, -0.15) is 0 Å². The van der Waals surface area contributed by atoms with E-state index in [1.807, 2.05) is 0 Å². The molecule has 2 aromatic rings. The maximum Gasteiger partial charge on any atom is 0.354 e. The van der Waals surface area contributed by atoms with Gasteiger partial charge in [-0.3, -0.25) is 0 Å². The van der Waals surface area contributed by atoms with Crippen LogP contribution < -0.4 is 9.47 Å². The molecule has 1 aromatic carbocycles. The van der Waals surface area contributed by atoms with Crippen LogP contribution in [0.3, 0.4) is 0 Å². The molecule has 0 aliphatic heterocycles. The number of carboxylic acid groups (broad SMARTS) is 1. The summed E-state index contributed by atoms with van der Waals surface area (Å²) < 4.78 is 10.3. The number of hydrogen-bond acceptors (Lipinski definition) is 4. The highest BCUT2D eigenvalue weighted by atomic mass is 35.5. The number of aromatic carboxylic acids is 1. The molecule has 0 bridgehead atoms. The summed E-state index contributed by atoms with van der Waals surface area (Å²) in [4.78, 5) is 15.0. The molecule has 0 saturated carbocycles. The fraction of sp³-hybridized carbons (Fsp3) is 0.167. The molecule has 5 nitrogen and oxygen atoms in total. The molecule has 100 valence electrons. The van der Waals surface area contributed by atoms with Crippen molar-refractivity contribution in [2.24, 2.45) is 0 Å². The van der Waals surface area contributed by atoms with Crippen LogP contribution in [0.5, 0.6) is 11.5 Å². The summed E-state index contributed by atoms with van der Waals surface area (Å²) in [6, 6.07) is 2.74. The van der Waals surface area contributed by atoms with Gasteiger partial charge in [-0.1, -0.05) is 23.2 Å². The second-order valence-electron chi connectivity index (χ2n) is 3.61. The molecule has 0 saturated heterocycles. The van der Waals surface area contributed by atoms with Gasteiger partial charge >= 0.3 is 5.97 Å². The first-order valence-corrected chi connectivity index (χ1v) is 5.89. The first-order chi connectivity index (χ1) is 8.99. The van der Waals surface area contributed by atoms with Crippen LogP contribution >= 0.6 is 23.2 Å². The fourth-order valence-electron chi connectivity index (χ4n) is 1.74. The van der Waals surface area contributed by atoms with Gasteiger partial charge in [0, 0.05) is 6.07 Å². The summed E-state index contributed by atoms with van der Waals surface area (Å²) in [6.07, 6.45) is 0. The summed E-state index contributed by atoms with van der Waals surface area (Å²) in [5.41, 5.74) is 0.105. The molecule has 0 atom stereocenters. The van der Waals surface area contributed by atoms with Gasteiger partial charge < -0.3 is 14.6 Å². The highest BCUT2D eigenvalue weighted by molar-refractivity contribution is 6.39. The Labute approximate surface area is 118 Å². The lowest BCUT2D eigenvalue weighted by Crippen LogP contribution is -2.02. The van der Waals surface area contributed by atoms with Crippen molar-refractivity contribution in [1.82, 2.24) is 4.98 Å². The van der Waals surface area contributed by atoms with Crippen LogP contribution in [-0.2, 0) is 0 Å². The summed E-state index contributed by atoms with van der Waals surface area (Å²) in [7, 11) is 2.87. The van der Waals surface area contributed by atoms with Gasteiger partial charge in [0.1, 0.15) is 17.0 Å². The topological polar surface area (TPSA) is 68.7 Å². The van der Waals surface area contributed by atoms with E-state index in [0.29, 0.717) is 21.9 Å². The molecule has 1 heterocycles. The second-order valence-corrected chi connectivity index (χ2v) is 4.43. The number of nitrogens with zero attached hydrogens (tertiary/aromatic N) is 1. The SMILES string of the molecule is COc1cc(Cl)c(OC)c2c(Cl)cc(C(=O)O)nc12.